The molecule has 0 unspecified atom stereocenters. The molecule has 5 nitrogen and oxygen atoms in total. The van der Waals surface area contributed by atoms with E-state index in [2.05, 4.69) is 32.9 Å². The maximum Gasteiger partial charge on any atom is 0.244 e. The van der Waals surface area contributed by atoms with Crippen molar-refractivity contribution in [2.75, 3.05) is 6.54 Å². The van der Waals surface area contributed by atoms with Gasteiger partial charge in [0.15, 0.2) is 4.67 Å². The topological polar surface area (TPSA) is 71.3 Å². The number of hydrogen-bond acceptors (Lipinski definition) is 4. The number of nitrogens with one attached hydrogen (secondary N) is 2. The van der Waals surface area contributed by atoms with E-state index in [0.717, 1.165) is 12.8 Å². The van der Waals surface area contributed by atoms with E-state index in [9.17, 15) is 8.42 Å². The van der Waals surface area contributed by atoms with Crippen LogP contribution < -0.4 is 10.0 Å². The van der Waals surface area contributed by atoms with Gasteiger partial charge >= 0.3 is 0 Å². The van der Waals surface area contributed by atoms with Gasteiger partial charge in [-0.05, 0) is 34.2 Å². The van der Waals surface area contributed by atoms with Crippen molar-refractivity contribution in [1.82, 2.24) is 10.0 Å². The van der Waals surface area contributed by atoms with Gasteiger partial charge in [-0.25, -0.2) is 13.1 Å². The van der Waals surface area contributed by atoms with Crippen LogP contribution in [0.2, 0.25) is 0 Å². The van der Waals surface area contributed by atoms with Crippen molar-refractivity contribution in [2.45, 2.75) is 51.1 Å². The highest BCUT2D eigenvalue weighted by Gasteiger charge is 2.38. The van der Waals surface area contributed by atoms with Gasteiger partial charge in [0, 0.05) is 18.7 Å². The van der Waals surface area contributed by atoms with Crippen molar-refractivity contribution < 1.29 is 12.8 Å². The third-order valence-corrected chi connectivity index (χ3v) is 5.73. The Hall–Kier alpha value is -0.370. The summed E-state index contributed by atoms with van der Waals surface area (Å²) in [4.78, 5) is 0.169. The first-order valence-electron chi connectivity index (χ1n) is 6.73. The minimum absolute atomic E-state index is 0.130. The second-order valence-corrected chi connectivity index (χ2v) is 8.48. The lowest BCUT2D eigenvalue weighted by Crippen LogP contribution is -2.29. The van der Waals surface area contributed by atoms with Crippen LogP contribution in [0.5, 0.6) is 0 Å². The molecule has 1 aliphatic rings. The molecule has 1 aromatic heterocycles. The van der Waals surface area contributed by atoms with Crippen molar-refractivity contribution in [1.29, 1.82) is 0 Å². The minimum Gasteiger partial charge on any atom is -0.452 e. The Balaban J connectivity index is 2.06. The molecule has 1 aliphatic carbocycles. The zero-order valence-corrected chi connectivity index (χ0v) is 14.4. The summed E-state index contributed by atoms with van der Waals surface area (Å²) in [7, 11) is -3.52. The van der Waals surface area contributed by atoms with Crippen molar-refractivity contribution in [2.24, 2.45) is 5.41 Å². The van der Waals surface area contributed by atoms with Gasteiger partial charge < -0.3 is 9.73 Å². The molecule has 0 radical (unpaired) electrons. The molecule has 1 aromatic rings. The van der Waals surface area contributed by atoms with E-state index in [0.29, 0.717) is 24.9 Å². The average Bonchev–Trinajstić information content (AvgIpc) is 2.96. The van der Waals surface area contributed by atoms with Crippen LogP contribution in [0.25, 0.3) is 0 Å². The molecule has 0 atom stereocenters. The maximum atomic E-state index is 12.3. The standard InChI is InChI=1S/C13H21BrN2O3S/c1-9(2)15-7-10-6-11(12(14)19-10)20(17,18)16-8-13(3)4-5-13/h6,9,15-16H,4-5,7-8H2,1-3H3. The van der Waals surface area contributed by atoms with Gasteiger partial charge in [-0.1, -0.05) is 20.8 Å². The normalized spacial score (nSPS) is 17.6. The summed E-state index contributed by atoms with van der Waals surface area (Å²) in [5, 5.41) is 3.19. The lowest BCUT2D eigenvalue weighted by atomic mass is 10.2. The van der Waals surface area contributed by atoms with Gasteiger partial charge in [0.05, 0.1) is 6.54 Å². The van der Waals surface area contributed by atoms with Crippen LogP contribution in [0.3, 0.4) is 0 Å². The zero-order valence-electron chi connectivity index (χ0n) is 12.0. The Bertz CT molecular complexity index is 576. The third-order valence-electron chi connectivity index (χ3n) is 3.47. The van der Waals surface area contributed by atoms with Crippen LogP contribution in [0.15, 0.2) is 20.0 Å². The molecule has 7 heteroatoms. The van der Waals surface area contributed by atoms with Gasteiger partial charge in [0.25, 0.3) is 0 Å². The second kappa shape index (κ2) is 5.79. The van der Waals surface area contributed by atoms with E-state index in [1.54, 1.807) is 6.07 Å². The molecular weight excluding hydrogens is 344 g/mol. The van der Waals surface area contributed by atoms with Crippen molar-refractivity contribution >= 4 is 26.0 Å². The largest absolute Gasteiger partial charge is 0.452 e. The molecular formula is C13H21BrN2O3S. The molecule has 2 N–H and O–H groups in total. The molecule has 1 fully saturated rings. The van der Waals surface area contributed by atoms with E-state index < -0.39 is 10.0 Å². The highest BCUT2D eigenvalue weighted by molar-refractivity contribution is 9.10. The first-order chi connectivity index (χ1) is 9.22. The fourth-order valence-electron chi connectivity index (χ4n) is 1.71. The number of hydrogen-bond donors (Lipinski definition) is 2. The lowest BCUT2D eigenvalue weighted by Gasteiger charge is -2.09. The van der Waals surface area contributed by atoms with Gasteiger partial charge in [-0.3, -0.25) is 0 Å². The van der Waals surface area contributed by atoms with Gasteiger partial charge in [-0.15, -0.1) is 0 Å². The Kier molecular flexibility index (Phi) is 4.63. The molecule has 2 rings (SSSR count). The number of halogens is 1. The van der Waals surface area contributed by atoms with E-state index in [4.69, 9.17) is 4.42 Å². The molecule has 0 saturated heterocycles. The Morgan fingerprint density at radius 3 is 2.65 bits per heavy atom. The summed E-state index contributed by atoms with van der Waals surface area (Å²) < 4.78 is 32.9. The van der Waals surface area contributed by atoms with Crippen molar-refractivity contribution in [3.8, 4) is 0 Å². The molecule has 1 saturated carbocycles. The monoisotopic (exact) mass is 364 g/mol. The van der Waals surface area contributed by atoms with E-state index in [1.807, 2.05) is 13.8 Å². The number of furan rings is 1. The van der Waals surface area contributed by atoms with E-state index in [-0.39, 0.29) is 15.0 Å². The van der Waals surface area contributed by atoms with Gasteiger partial charge in [-0.2, -0.15) is 0 Å². The van der Waals surface area contributed by atoms with Crippen LogP contribution in [0, 0.1) is 5.41 Å². The zero-order chi connectivity index (χ0) is 15.0. The lowest BCUT2D eigenvalue weighted by molar-refractivity contribution is 0.446. The minimum atomic E-state index is -3.52. The first kappa shape index (κ1) is 16.0. The highest BCUT2D eigenvalue weighted by Crippen LogP contribution is 2.44. The summed E-state index contributed by atoms with van der Waals surface area (Å²) in [5.41, 5.74) is 0.130. The highest BCUT2D eigenvalue weighted by atomic mass is 79.9. The maximum absolute atomic E-state index is 12.3. The SMILES string of the molecule is CC(C)NCc1cc(S(=O)(=O)NCC2(C)CC2)c(Br)o1. The quantitative estimate of drug-likeness (QED) is 0.779. The van der Waals surface area contributed by atoms with Crippen LogP contribution in [0.1, 0.15) is 39.4 Å². The average molecular weight is 365 g/mol. The number of sulfonamides is 1. The summed E-state index contributed by atoms with van der Waals surface area (Å²) in [6.07, 6.45) is 2.15. The van der Waals surface area contributed by atoms with Crippen LogP contribution in [-0.4, -0.2) is 21.0 Å². The Morgan fingerprint density at radius 2 is 2.10 bits per heavy atom. The van der Waals surface area contributed by atoms with E-state index >= 15 is 0 Å². The molecule has 0 aromatic carbocycles. The van der Waals surface area contributed by atoms with Crippen LogP contribution in [-0.2, 0) is 16.6 Å². The summed E-state index contributed by atoms with van der Waals surface area (Å²) in [6.45, 7) is 7.11. The first-order valence-corrected chi connectivity index (χ1v) is 9.01. The third kappa shape index (κ3) is 4.07. The predicted octanol–water partition coefficient (Wildman–Crippen LogP) is 2.62. The van der Waals surface area contributed by atoms with Crippen LogP contribution >= 0.6 is 15.9 Å². The molecule has 0 amide bonds. The van der Waals surface area contributed by atoms with Gasteiger partial charge in [0.1, 0.15) is 10.7 Å². The molecule has 20 heavy (non-hydrogen) atoms. The second-order valence-electron chi connectivity index (χ2n) is 6.02. The van der Waals surface area contributed by atoms with E-state index in [1.165, 1.54) is 0 Å². The fourth-order valence-corrected chi connectivity index (χ4v) is 3.91. The van der Waals surface area contributed by atoms with Crippen molar-refractivity contribution in [3.05, 3.63) is 16.5 Å². The molecule has 1 heterocycles. The molecule has 114 valence electrons. The van der Waals surface area contributed by atoms with Gasteiger partial charge in [0.2, 0.25) is 10.0 Å². The van der Waals surface area contributed by atoms with Crippen molar-refractivity contribution in [3.63, 3.8) is 0 Å². The molecule has 0 aliphatic heterocycles. The summed E-state index contributed by atoms with van der Waals surface area (Å²) >= 11 is 3.18. The smallest absolute Gasteiger partial charge is 0.244 e. The van der Waals surface area contributed by atoms with Crippen LogP contribution in [0.4, 0.5) is 0 Å². The number of rotatable bonds is 7. The Labute approximate surface area is 128 Å². The predicted molar refractivity (Wildman–Crippen MR) is 80.9 cm³/mol. The molecule has 0 bridgehead atoms. The Morgan fingerprint density at radius 1 is 1.45 bits per heavy atom. The summed E-state index contributed by atoms with van der Waals surface area (Å²) in [5.74, 6) is 0.601. The molecule has 0 spiro atoms. The summed E-state index contributed by atoms with van der Waals surface area (Å²) in [6, 6.07) is 1.88. The fraction of sp³-hybridized carbons (Fsp3) is 0.692.